The minimum absolute atomic E-state index is 0.0240. The van der Waals surface area contributed by atoms with Crippen molar-refractivity contribution in [1.29, 1.82) is 5.26 Å². The van der Waals surface area contributed by atoms with Gasteiger partial charge in [-0.25, -0.2) is 0 Å². The zero-order valence-electron chi connectivity index (χ0n) is 17.3. The van der Waals surface area contributed by atoms with Gasteiger partial charge in [-0.2, -0.15) is 5.26 Å². The Balaban J connectivity index is 1.33. The first-order valence-electron chi connectivity index (χ1n) is 10.6. The highest BCUT2D eigenvalue weighted by molar-refractivity contribution is 5.96. The Bertz CT molecular complexity index is 1110. The van der Waals surface area contributed by atoms with Crippen molar-refractivity contribution in [3.8, 4) is 17.2 Å². The van der Waals surface area contributed by atoms with E-state index in [2.05, 4.69) is 30.3 Å². The van der Waals surface area contributed by atoms with E-state index in [1.165, 1.54) is 0 Å². The van der Waals surface area contributed by atoms with Crippen LogP contribution in [0.1, 0.15) is 34.3 Å². The molecule has 154 valence electrons. The minimum Gasteiger partial charge on any atom is -0.339 e. The predicted octanol–water partition coefficient (Wildman–Crippen LogP) is 4.89. The minimum atomic E-state index is -0.125. The van der Waals surface area contributed by atoms with Crippen LogP contribution in [0.2, 0.25) is 0 Å². The molecule has 0 bridgehead atoms. The van der Waals surface area contributed by atoms with E-state index < -0.39 is 0 Å². The average molecular weight is 409 g/mol. The van der Waals surface area contributed by atoms with Crippen molar-refractivity contribution in [2.75, 3.05) is 13.1 Å². The largest absolute Gasteiger partial charge is 0.339 e. The second-order valence-electron chi connectivity index (χ2n) is 7.93. The van der Waals surface area contributed by atoms with Crippen molar-refractivity contribution in [3.63, 3.8) is 0 Å². The van der Waals surface area contributed by atoms with E-state index in [1.807, 2.05) is 30.3 Å². The van der Waals surface area contributed by atoms with Crippen molar-refractivity contribution in [1.82, 2.24) is 4.90 Å². The monoisotopic (exact) mass is 408 g/mol. The number of carbonyl (C=O) groups is 2. The second-order valence-corrected chi connectivity index (χ2v) is 7.93. The first-order chi connectivity index (χ1) is 15.2. The third-order valence-electron chi connectivity index (χ3n) is 5.95. The van der Waals surface area contributed by atoms with Crippen LogP contribution in [0.4, 0.5) is 0 Å². The zero-order chi connectivity index (χ0) is 21.6. The van der Waals surface area contributed by atoms with Gasteiger partial charge < -0.3 is 4.90 Å². The van der Waals surface area contributed by atoms with Gasteiger partial charge in [0.1, 0.15) is 5.78 Å². The molecule has 4 nitrogen and oxygen atoms in total. The van der Waals surface area contributed by atoms with Crippen LogP contribution in [0.15, 0.2) is 78.9 Å². The Hall–Kier alpha value is -3.71. The Morgan fingerprint density at radius 3 is 2.13 bits per heavy atom. The number of nitriles is 1. The summed E-state index contributed by atoms with van der Waals surface area (Å²) in [5, 5.41) is 9.24. The van der Waals surface area contributed by atoms with E-state index >= 15 is 0 Å². The first kappa shape index (κ1) is 20.6. The maximum atomic E-state index is 12.8. The van der Waals surface area contributed by atoms with Gasteiger partial charge in [-0.15, -0.1) is 0 Å². The molecule has 1 amide bonds. The molecule has 0 aliphatic carbocycles. The number of hydrogen-bond donors (Lipinski definition) is 0. The smallest absolute Gasteiger partial charge is 0.255 e. The van der Waals surface area contributed by atoms with Gasteiger partial charge in [-0.3, -0.25) is 9.59 Å². The van der Waals surface area contributed by atoms with Crippen molar-refractivity contribution < 1.29 is 9.59 Å². The number of likely N-dealkylation sites (tertiary alicyclic amines) is 1. The van der Waals surface area contributed by atoms with Crippen LogP contribution in [-0.2, 0) is 11.2 Å². The van der Waals surface area contributed by atoms with Crippen molar-refractivity contribution in [2.24, 2.45) is 5.92 Å². The molecule has 0 N–H and O–H groups in total. The van der Waals surface area contributed by atoms with E-state index in [1.54, 1.807) is 29.2 Å². The topological polar surface area (TPSA) is 61.2 Å². The predicted molar refractivity (Wildman–Crippen MR) is 120 cm³/mol. The van der Waals surface area contributed by atoms with Gasteiger partial charge in [-0.05, 0) is 41.7 Å². The first-order valence-corrected chi connectivity index (χ1v) is 10.6. The fraction of sp³-hybridized carbons (Fsp3) is 0.222. The highest BCUT2D eigenvalue weighted by Gasteiger charge is 2.28. The summed E-state index contributed by atoms with van der Waals surface area (Å²) < 4.78 is 0. The fourth-order valence-electron chi connectivity index (χ4n) is 4.13. The normalized spacial score (nSPS) is 14.1. The summed E-state index contributed by atoms with van der Waals surface area (Å²) >= 11 is 0. The number of piperidine rings is 1. The van der Waals surface area contributed by atoms with Crippen LogP contribution in [0.5, 0.6) is 0 Å². The van der Waals surface area contributed by atoms with Crippen LogP contribution >= 0.6 is 0 Å². The van der Waals surface area contributed by atoms with Gasteiger partial charge in [0, 0.05) is 25.4 Å². The Morgan fingerprint density at radius 2 is 1.45 bits per heavy atom. The Morgan fingerprint density at radius 1 is 0.839 bits per heavy atom. The molecule has 0 saturated carbocycles. The number of amides is 1. The van der Waals surface area contributed by atoms with Gasteiger partial charge >= 0.3 is 0 Å². The molecule has 4 rings (SSSR count). The summed E-state index contributed by atoms with van der Waals surface area (Å²) in [6, 6.07) is 27.3. The van der Waals surface area contributed by atoms with E-state index in [0.29, 0.717) is 43.5 Å². The molecular formula is C27H24N2O2. The number of carbonyl (C=O) groups excluding carboxylic acids is 2. The van der Waals surface area contributed by atoms with Crippen LogP contribution in [-0.4, -0.2) is 29.7 Å². The second kappa shape index (κ2) is 9.40. The number of hydrogen-bond acceptors (Lipinski definition) is 3. The quantitative estimate of drug-likeness (QED) is 0.604. The van der Waals surface area contributed by atoms with E-state index in [9.17, 15) is 14.9 Å². The van der Waals surface area contributed by atoms with Gasteiger partial charge in [0.25, 0.3) is 5.91 Å². The molecule has 3 aromatic carbocycles. The standard InChI is InChI=1S/C27H24N2O2/c28-19-24-8-4-5-9-25(24)27(31)29-16-14-23(15-17-29)26(30)18-20-10-12-22(13-11-20)21-6-2-1-3-7-21/h1-13,23H,14-18H2. The molecule has 0 aromatic heterocycles. The van der Waals surface area contributed by atoms with Gasteiger partial charge in [0.2, 0.25) is 0 Å². The number of Topliss-reactive ketones (excluding diaryl/α,β-unsaturated/α-hetero) is 1. The lowest BCUT2D eigenvalue weighted by atomic mass is 9.88. The average Bonchev–Trinajstić information content (AvgIpc) is 2.84. The fourth-order valence-corrected chi connectivity index (χ4v) is 4.13. The molecule has 0 atom stereocenters. The molecule has 1 fully saturated rings. The Kier molecular flexibility index (Phi) is 6.24. The molecule has 1 aliphatic rings. The molecule has 1 saturated heterocycles. The molecule has 0 unspecified atom stereocenters. The highest BCUT2D eigenvalue weighted by Crippen LogP contribution is 2.24. The number of benzene rings is 3. The number of rotatable bonds is 5. The summed E-state index contributed by atoms with van der Waals surface area (Å²) in [7, 11) is 0. The third kappa shape index (κ3) is 4.73. The molecular weight excluding hydrogens is 384 g/mol. The van der Waals surface area contributed by atoms with Crippen LogP contribution in [0.25, 0.3) is 11.1 Å². The summed E-state index contributed by atoms with van der Waals surface area (Å²) in [5.41, 5.74) is 4.15. The summed E-state index contributed by atoms with van der Waals surface area (Å²) in [6.45, 7) is 1.09. The summed E-state index contributed by atoms with van der Waals surface area (Å²) in [6.07, 6.45) is 1.76. The van der Waals surface area contributed by atoms with Gasteiger partial charge in [0.05, 0.1) is 17.2 Å². The lowest BCUT2D eigenvalue weighted by molar-refractivity contribution is -0.123. The molecule has 1 aliphatic heterocycles. The number of nitrogens with zero attached hydrogens (tertiary/aromatic N) is 2. The molecule has 0 spiro atoms. The molecule has 0 radical (unpaired) electrons. The zero-order valence-corrected chi connectivity index (χ0v) is 17.3. The van der Waals surface area contributed by atoms with Crippen LogP contribution < -0.4 is 0 Å². The molecule has 1 heterocycles. The SMILES string of the molecule is N#Cc1ccccc1C(=O)N1CCC(C(=O)Cc2ccc(-c3ccccc3)cc2)CC1. The maximum absolute atomic E-state index is 12.8. The van der Waals surface area contributed by atoms with Gasteiger partial charge in [0.15, 0.2) is 0 Å². The van der Waals surface area contributed by atoms with E-state index in [4.69, 9.17) is 0 Å². The van der Waals surface area contributed by atoms with E-state index in [-0.39, 0.29) is 17.6 Å². The van der Waals surface area contributed by atoms with Crippen molar-refractivity contribution >= 4 is 11.7 Å². The highest BCUT2D eigenvalue weighted by atomic mass is 16.2. The molecule has 4 heteroatoms. The van der Waals surface area contributed by atoms with Crippen molar-refractivity contribution in [2.45, 2.75) is 19.3 Å². The Labute approximate surface area is 182 Å². The summed E-state index contributed by atoms with van der Waals surface area (Å²) in [4.78, 5) is 27.4. The van der Waals surface area contributed by atoms with E-state index in [0.717, 1.165) is 16.7 Å². The lowest BCUT2D eigenvalue weighted by Crippen LogP contribution is -2.40. The van der Waals surface area contributed by atoms with Crippen LogP contribution in [0, 0.1) is 17.2 Å². The lowest BCUT2D eigenvalue weighted by Gasteiger charge is -2.31. The van der Waals surface area contributed by atoms with Crippen molar-refractivity contribution in [3.05, 3.63) is 95.6 Å². The van der Waals surface area contributed by atoms with Crippen LogP contribution in [0.3, 0.4) is 0 Å². The third-order valence-corrected chi connectivity index (χ3v) is 5.95. The number of ketones is 1. The molecule has 31 heavy (non-hydrogen) atoms. The molecule has 3 aromatic rings. The summed E-state index contributed by atoms with van der Waals surface area (Å²) in [5.74, 6) is 0.0839. The maximum Gasteiger partial charge on any atom is 0.255 e. The van der Waals surface area contributed by atoms with Gasteiger partial charge in [-0.1, -0.05) is 66.7 Å².